The van der Waals surface area contributed by atoms with Gasteiger partial charge in [-0.05, 0) is 24.0 Å². The lowest BCUT2D eigenvalue weighted by atomic mass is 9.81. The van der Waals surface area contributed by atoms with Crippen LogP contribution in [0.2, 0.25) is 0 Å². The third-order valence-electron chi connectivity index (χ3n) is 4.26. The maximum absolute atomic E-state index is 12.6. The van der Waals surface area contributed by atoms with Crippen molar-refractivity contribution in [1.29, 1.82) is 0 Å². The number of carbonyl (C=O) groups excluding carboxylic acids is 2. The fraction of sp³-hybridized carbons (Fsp3) is 0.467. The smallest absolute Gasteiger partial charge is 0.360 e. The topological polar surface area (TPSA) is 55.4 Å². The van der Waals surface area contributed by atoms with Crippen molar-refractivity contribution in [3.05, 3.63) is 35.4 Å². The van der Waals surface area contributed by atoms with Crippen LogP contribution in [0.15, 0.2) is 24.3 Å². The Kier molecular flexibility index (Phi) is 3.47. The summed E-state index contributed by atoms with van der Waals surface area (Å²) < 4.78 is 43.1. The zero-order chi connectivity index (χ0) is 16.0. The molecule has 22 heavy (non-hydrogen) atoms. The number of halogens is 3. The third kappa shape index (κ3) is 2.49. The molecule has 0 spiro atoms. The molecule has 0 aromatic heterocycles. The number of carbonyl (C=O) groups is 2. The van der Waals surface area contributed by atoms with E-state index < -0.39 is 36.1 Å². The van der Waals surface area contributed by atoms with E-state index in [9.17, 15) is 22.8 Å². The van der Waals surface area contributed by atoms with E-state index in [1.54, 1.807) is 18.2 Å². The molecule has 118 valence electrons. The number of benzene rings is 1. The van der Waals surface area contributed by atoms with Gasteiger partial charge in [0.05, 0.1) is 5.92 Å². The molecule has 3 rings (SSSR count). The largest absolute Gasteiger partial charge is 0.411 e. The van der Waals surface area contributed by atoms with E-state index in [0.29, 0.717) is 12.0 Å². The molecule has 1 aliphatic carbocycles. The van der Waals surface area contributed by atoms with Gasteiger partial charge in [0.25, 0.3) is 0 Å². The van der Waals surface area contributed by atoms with Crippen LogP contribution in [0.1, 0.15) is 24.0 Å². The van der Waals surface area contributed by atoms with Gasteiger partial charge in [0.1, 0.15) is 12.2 Å². The number of amides is 2. The van der Waals surface area contributed by atoms with Gasteiger partial charge in [0.2, 0.25) is 11.8 Å². The van der Waals surface area contributed by atoms with Crippen molar-refractivity contribution < 1.29 is 27.5 Å². The fourth-order valence-electron chi connectivity index (χ4n) is 3.36. The van der Waals surface area contributed by atoms with Gasteiger partial charge < -0.3 is 4.74 Å². The summed E-state index contributed by atoms with van der Waals surface area (Å²) in [6, 6.07) is 6.97. The summed E-state index contributed by atoms with van der Waals surface area (Å²) >= 11 is 0. The van der Waals surface area contributed by atoms with E-state index in [-0.39, 0.29) is 12.8 Å². The summed E-state index contributed by atoms with van der Waals surface area (Å²) in [6.07, 6.45) is -3.87. The fourth-order valence-corrected chi connectivity index (χ4v) is 3.36. The van der Waals surface area contributed by atoms with E-state index in [1.807, 2.05) is 6.07 Å². The molecule has 2 amide bonds. The molecule has 0 radical (unpaired) electrons. The SMILES string of the molecule is O=C1CC(C2(OCC(F)(F)F)CCc3ccccc32)C(=O)N1. The molecule has 1 fully saturated rings. The van der Waals surface area contributed by atoms with Crippen LogP contribution in [-0.4, -0.2) is 24.6 Å². The van der Waals surface area contributed by atoms with Crippen molar-refractivity contribution >= 4 is 11.8 Å². The first-order valence-corrected chi connectivity index (χ1v) is 6.95. The Morgan fingerprint density at radius 2 is 2.00 bits per heavy atom. The quantitative estimate of drug-likeness (QED) is 0.869. The number of rotatable bonds is 3. The maximum atomic E-state index is 12.6. The van der Waals surface area contributed by atoms with Crippen molar-refractivity contribution in [3.63, 3.8) is 0 Å². The number of hydrogen-bond donors (Lipinski definition) is 1. The van der Waals surface area contributed by atoms with E-state index in [0.717, 1.165) is 5.56 Å². The lowest BCUT2D eigenvalue weighted by molar-refractivity contribution is -0.218. The van der Waals surface area contributed by atoms with Crippen LogP contribution in [-0.2, 0) is 26.3 Å². The van der Waals surface area contributed by atoms with Gasteiger partial charge in [-0.25, -0.2) is 0 Å². The summed E-state index contributed by atoms with van der Waals surface area (Å²) in [7, 11) is 0. The van der Waals surface area contributed by atoms with Crippen molar-refractivity contribution in [2.45, 2.75) is 31.0 Å². The minimum atomic E-state index is -4.50. The van der Waals surface area contributed by atoms with Crippen LogP contribution in [0.3, 0.4) is 0 Å². The van der Waals surface area contributed by atoms with E-state index in [1.165, 1.54) is 0 Å². The number of hydrogen-bond acceptors (Lipinski definition) is 3. The number of aryl methyl sites for hydroxylation is 1. The Morgan fingerprint density at radius 3 is 2.64 bits per heavy atom. The van der Waals surface area contributed by atoms with Crippen molar-refractivity contribution in [3.8, 4) is 0 Å². The standard InChI is InChI=1S/C15H14F3NO3/c16-15(17,18)8-22-14(11-7-12(20)19-13(11)21)6-5-9-3-1-2-4-10(9)14/h1-4,11H,5-8H2,(H,19,20,21). The zero-order valence-corrected chi connectivity index (χ0v) is 11.6. The van der Waals surface area contributed by atoms with Crippen LogP contribution in [0.25, 0.3) is 0 Å². The summed E-state index contributed by atoms with van der Waals surface area (Å²) in [6.45, 7) is -1.45. The zero-order valence-electron chi connectivity index (χ0n) is 11.6. The van der Waals surface area contributed by atoms with Crippen LogP contribution in [0.5, 0.6) is 0 Å². The summed E-state index contributed by atoms with van der Waals surface area (Å²) in [5.74, 6) is -1.97. The molecule has 1 saturated heterocycles. The normalized spacial score (nSPS) is 27.9. The van der Waals surface area contributed by atoms with E-state index in [4.69, 9.17) is 4.74 Å². The minimum Gasteiger partial charge on any atom is -0.360 e. The molecule has 1 aliphatic heterocycles. The first kappa shape index (κ1) is 15.0. The number of fused-ring (bicyclic) bond motifs is 1. The molecule has 4 nitrogen and oxygen atoms in total. The average molecular weight is 313 g/mol. The van der Waals surface area contributed by atoms with Gasteiger partial charge in [0.15, 0.2) is 0 Å². The number of nitrogens with one attached hydrogen (secondary N) is 1. The van der Waals surface area contributed by atoms with E-state index in [2.05, 4.69) is 5.32 Å². The van der Waals surface area contributed by atoms with Gasteiger partial charge in [-0.3, -0.25) is 14.9 Å². The van der Waals surface area contributed by atoms with Gasteiger partial charge in [-0.15, -0.1) is 0 Å². The highest BCUT2D eigenvalue weighted by atomic mass is 19.4. The number of imide groups is 1. The molecular formula is C15H14F3NO3. The lowest BCUT2D eigenvalue weighted by Gasteiger charge is -2.35. The highest BCUT2D eigenvalue weighted by Crippen LogP contribution is 2.48. The van der Waals surface area contributed by atoms with Crippen molar-refractivity contribution in [1.82, 2.24) is 5.32 Å². The summed E-state index contributed by atoms with van der Waals surface area (Å²) in [5.41, 5.74) is 0.0495. The minimum absolute atomic E-state index is 0.148. The average Bonchev–Trinajstić information content (AvgIpc) is 2.97. The molecule has 2 unspecified atom stereocenters. The van der Waals surface area contributed by atoms with Crippen LogP contribution >= 0.6 is 0 Å². The molecule has 1 aromatic rings. The molecule has 0 bridgehead atoms. The molecule has 1 heterocycles. The Balaban J connectivity index is 2.01. The number of ether oxygens (including phenoxy) is 1. The van der Waals surface area contributed by atoms with E-state index >= 15 is 0 Å². The molecular weight excluding hydrogens is 299 g/mol. The lowest BCUT2D eigenvalue weighted by Crippen LogP contribution is -2.42. The highest BCUT2D eigenvalue weighted by molar-refractivity contribution is 6.04. The molecule has 2 aliphatic rings. The second-order valence-electron chi connectivity index (χ2n) is 5.62. The van der Waals surface area contributed by atoms with Crippen molar-refractivity contribution in [2.24, 2.45) is 5.92 Å². The Bertz CT molecular complexity index is 629. The second kappa shape index (κ2) is 5.08. The number of alkyl halides is 3. The van der Waals surface area contributed by atoms with Gasteiger partial charge >= 0.3 is 6.18 Å². The Hall–Kier alpha value is -1.89. The molecule has 1 N–H and O–H groups in total. The monoisotopic (exact) mass is 313 g/mol. The first-order valence-electron chi connectivity index (χ1n) is 6.95. The first-order chi connectivity index (χ1) is 10.3. The maximum Gasteiger partial charge on any atom is 0.411 e. The highest BCUT2D eigenvalue weighted by Gasteiger charge is 2.54. The predicted molar refractivity (Wildman–Crippen MR) is 69.7 cm³/mol. The molecule has 7 heteroatoms. The second-order valence-corrected chi connectivity index (χ2v) is 5.62. The summed E-state index contributed by atoms with van der Waals surface area (Å²) in [5, 5.41) is 2.16. The predicted octanol–water partition coefficient (Wildman–Crippen LogP) is 2.07. The van der Waals surface area contributed by atoms with Gasteiger partial charge in [-0.1, -0.05) is 24.3 Å². The Morgan fingerprint density at radius 1 is 1.27 bits per heavy atom. The molecule has 0 saturated carbocycles. The van der Waals surface area contributed by atoms with Crippen LogP contribution in [0, 0.1) is 5.92 Å². The van der Waals surface area contributed by atoms with Crippen molar-refractivity contribution in [2.75, 3.05) is 6.61 Å². The van der Waals surface area contributed by atoms with Crippen LogP contribution < -0.4 is 5.32 Å². The Labute approximate surface area is 124 Å². The van der Waals surface area contributed by atoms with Crippen LogP contribution in [0.4, 0.5) is 13.2 Å². The van der Waals surface area contributed by atoms with Gasteiger partial charge in [0, 0.05) is 6.42 Å². The summed E-state index contributed by atoms with van der Waals surface area (Å²) in [4.78, 5) is 23.5. The molecule has 2 atom stereocenters. The molecule has 1 aromatic carbocycles. The third-order valence-corrected chi connectivity index (χ3v) is 4.26. The van der Waals surface area contributed by atoms with Gasteiger partial charge in [-0.2, -0.15) is 13.2 Å².